The summed E-state index contributed by atoms with van der Waals surface area (Å²) in [5, 5.41) is -0.493. The van der Waals surface area contributed by atoms with Crippen LogP contribution in [0.5, 0.6) is 0 Å². The molecule has 4 N–H and O–H groups in total. The fourth-order valence-corrected chi connectivity index (χ4v) is 4.66. The molecular formula is C17H25N5O2S. The van der Waals surface area contributed by atoms with Gasteiger partial charge in [-0.05, 0) is 57.7 Å². The SMILES string of the molecule is CC(C)S(=O)(=O)c1cccc(N2C(N)=NC(N)=NC23CCCCC3)c1. The minimum Gasteiger partial charge on any atom is -0.369 e. The molecule has 1 heterocycles. The number of anilines is 1. The molecule has 1 saturated carbocycles. The Hall–Kier alpha value is -2.09. The molecule has 8 heteroatoms. The first kappa shape index (κ1) is 17.7. The predicted molar refractivity (Wildman–Crippen MR) is 100 cm³/mol. The van der Waals surface area contributed by atoms with Crippen molar-refractivity contribution in [2.45, 2.75) is 61.8 Å². The number of hydrogen-bond donors (Lipinski definition) is 2. The molecule has 0 unspecified atom stereocenters. The molecule has 0 saturated heterocycles. The number of guanidine groups is 2. The van der Waals surface area contributed by atoms with E-state index in [0.29, 0.717) is 5.69 Å². The molecule has 0 aromatic heterocycles. The summed E-state index contributed by atoms with van der Waals surface area (Å²) in [6.45, 7) is 3.35. The number of aliphatic imine (C=N–C) groups is 2. The van der Waals surface area contributed by atoms with Gasteiger partial charge in [0.2, 0.25) is 11.9 Å². The van der Waals surface area contributed by atoms with Gasteiger partial charge in [0.05, 0.1) is 10.1 Å². The van der Waals surface area contributed by atoms with Crippen molar-refractivity contribution in [1.82, 2.24) is 0 Å². The van der Waals surface area contributed by atoms with Crippen molar-refractivity contribution in [3.8, 4) is 0 Å². The molecule has 0 bridgehead atoms. The zero-order chi connectivity index (χ0) is 18.2. The monoisotopic (exact) mass is 363 g/mol. The third-order valence-corrected chi connectivity index (χ3v) is 7.03. The van der Waals surface area contributed by atoms with Crippen molar-refractivity contribution in [1.29, 1.82) is 0 Å². The van der Waals surface area contributed by atoms with E-state index in [1.807, 2.05) is 11.0 Å². The molecule has 25 heavy (non-hydrogen) atoms. The normalized spacial score (nSPS) is 20.5. The van der Waals surface area contributed by atoms with E-state index in [-0.39, 0.29) is 16.8 Å². The molecule has 1 aliphatic heterocycles. The lowest BCUT2D eigenvalue weighted by atomic mass is 9.87. The van der Waals surface area contributed by atoms with Gasteiger partial charge in [-0.3, -0.25) is 4.90 Å². The van der Waals surface area contributed by atoms with E-state index in [1.54, 1.807) is 32.0 Å². The average Bonchev–Trinajstić information content (AvgIpc) is 2.55. The second-order valence-electron chi connectivity index (χ2n) is 6.91. The number of hydrogen-bond acceptors (Lipinski definition) is 7. The second-order valence-corrected chi connectivity index (χ2v) is 9.41. The molecule has 0 radical (unpaired) electrons. The van der Waals surface area contributed by atoms with Crippen molar-refractivity contribution in [3.63, 3.8) is 0 Å². The molecule has 0 amide bonds. The minimum absolute atomic E-state index is 0.182. The van der Waals surface area contributed by atoms with Crippen molar-refractivity contribution < 1.29 is 8.42 Å². The first-order chi connectivity index (χ1) is 11.8. The lowest BCUT2D eigenvalue weighted by molar-refractivity contribution is 0.305. The molecule has 0 atom stereocenters. The van der Waals surface area contributed by atoms with Crippen molar-refractivity contribution in [2.24, 2.45) is 21.5 Å². The van der Waals surface area contributed by atoms with E-state index in [9.17, 15) is 8.42 Å². The largest absolute Gasteiger partial charge is 0.369 e. The summed E-state index contributed by atoms with van der Waals surface area (Å²) in [5.41, 5.74) is 12.2. The number of rotatable bonds is 3. The van der Waals surface area contributed by atoms with Gasteiger partial charge < -0.3 is 11.5 Å². The Morgan fingerprint density at radius 2 is 1.84 bits per heavy atom. The van der Waals surface area contributed by atoms with E-state index in [0.717, 1.165) is 32.1 Å². The highest BCUT2D eigenvalue weighted by Crippen LogP contribution is 2.40. The first-order valence-electron chi connectivity index (χ1n) is 8.60. The molecular weight excluding hydrogens is 338 g/mol. The lowest BCUT2D eigenvalue weighted by Gasteiger charge is -2.45. The maximum atomic E-state index is 12.5. The highest BCUT2D eigenvalue weighted by molar-refractivity contribution is 7.92. The Morgan fingerprint density at radius 3 is 2.48 bits per heavy atom. The molecule has 2 aliphatic rings. The Morgan fingerprint density at radius 1 is 1.16 bits per heavy atom. The molecule has 1 aliphatic carbocycles. The van der Waals surface area contributed by atoms with Crippen molar-refractivity contribution >= 4 is 27.4 Å². The number of nitrogens with two attached hydrogens (primary N) is 2. The van der Waals surface area contributed by atoms with Crippen molar-refractivity contribution in [3.05, 3.63) is 24.3 Å². The molecule has 1 fully saturated rings. The lowest BCUT2D eigenvalue weighted by Crippen LogP contribution is -2.58. The summed E-state index contributed by atoms with van der Waals surface area (Å²) >= 11 is 0. The molecule has 1 spiro atoms. The van der Waals surface area contributed by atoms with Gasteiger partial charge in [0, 0.05) is 5.69 Å². The molecule has 1 aromatic carbocycles. The van der Waals surface area contributed by atoms with E-state index >= 15 is 0 Å². The first-order valence-corrected chi connectivity index (χ1v) is 10.1. The van der Waals surface area contributed by atoms with Crippen LogP contribution in [0.3, 0.4) is 0 Å². The van der Waals surface area contributed by atoms with Gasteiger partial charge in [0.15, 0.2) is 9.84 Å². The maximum Gasteiger partial charge on any atom is 0.220 e. The fraction of sp³-hybridized carbons (Fsp3) is 0.529. The van der Waals surface area contributed by atoms with Gasteiger partial charge >= 0.3 is 0 Å². The van der Waals surface area contributed by atoms with Gasteiger partial charge in [-0.25, -0.2) is 13.4 Å². The van der Waals surface area contributed by atoms with Crippen LogP contribution in [-0.2, 0) is 9.84 Å². The summed E-state index contributed by atoms with van der Waals surface area (Å²) in [4.78, 5) is 10.9. The summed E-state index contributed by atoms with van der Waals surface area (Å²) in [7, 11) is -3.38. The van der Waals surface area contributed by atoms with Gasteiger partial charge in [-0.2, -0.15) is 4.99 Å². The topological polar surface area (TPSA) is 114 Å². The third-order valence-electron chi connectivity index (χ3n) is 4.88. The van der Waals surface area contributed by atoms with Crippen LogP contribution in [0.25, 0.3) is 0 Å². The zero-order valence-electron chi connectivity index (χ0n) is 14.6. The zero-order valence-corrected chi connectivity index (χ0v) is 15.5. The van der Waals surface area contributed by atoms with Gasteiger partial charge in [-0.1, -0.05) is 12.5 Å². The number of benzene rings is 1. The summed E-state index contributed by atoms with van der Waals surface area (Å²) in [6, 6.07) is 6.84. The smallest absolute Gasteiger partial charge is 0.220 e. The van der Waals surface area contributed by atoms with Crippen LogP contribution < -0.4 is 16.4 Å². The Bertz CT molecular complexity index is 823. The van der Waals surface area contributed by atoms with Crippen LogP contribution in [0, 0.1) is 0 Å². The van der Waals surface area contributed by atoms with E-state index in [4.69, 9.17) is 11.5 Å². The molecule has 7 nitrogen and oxygen atoms in total. The van der Waals surface area contributed by atoms with Crippen molar-refractivity contribution in [2.75, 3.05) is 4.90 Å². The fourth-order valence-electron chi connectivity index (χ4n) is 3.57. The predicted octanol–water partition coefficient (Wildman–Crippen LogP) is 1.98. The standard InChI is InChI=1S/C17H25N5O2S/c1-12(2)25(23,24)14-8-6-7-13(11-14)22-16(19)20-15(18)21-17(22)9-4-3-5-10-17/h6-8,11-12H,3-5,9-10H2,1-2H3,(H4,18,19,20,21). The summed E-state index contributed by atoms with van der Waals surface area (Å²) in [5.74, 6) is 0.440. The van der Waals surface area contributed by atoms with Gasteiger partial charge in [0.25, 0.3) is 0 Å². The molecule has 1 aromatic rings. The highest BCUT2D eigenvalue weighted by Gasteiger charge is 2.42. The molecule has 3 rings (SSSR count). The van der Waals surface area contributed by atoms with Crippen LogP contribution in [-0.4, -0.2) is 31.2 Å². The Kier molecular flexibility index (Phi) is 4.49. The van der Waals surface area contributed by atoms with Crippen LogP contribution in [0.1, 0.15) is 46.0 Å². The highest BCUT2D eigenvalue weighted by atomic mass is 32.2. The van der Waals surface area contributed by atoms with Crippen LogP contribution >= 0.6 is 0 Å². The summed E-state index contributed by atoms with van der Waals surface area (Å²) < 4.78 is 25.1. The van der Waals surface area contributed by atoms with E-state index in [2.05, 4.69) is 9.98 Å². The Balaban J connectivity index is 2.09. The van der Waals surface area contributed by atoms with Crippen LogP contribution in [0.2, 0.25) is 0 Å². The minimum atomic E-state index is -3.38. The van der Waals surface area contributed by atoms with E-state index in [1.165, 1.54) is 0 Å². The Labute approximate surface area is 148 Å². The van der Waals surface area contributed by atoms with Gasteiger partial charge in [-0.15, -0.1) is 0 Å². The van der Waals surface area contributed by atoms with Gasteiger partial charge in [0.1, 0.15) is 5.66 Å². The van der Waals surface area contributed by atoms with E-state index < -0.39 is 20.8 Å². The second kappa shape index (κ2) is 6.33. The quantitative estimate of drug-likeness (QED) is 0.852. The number of sulfone groups is 1. The third kappa shape index (κ3) is 3.10. The summed E-state index contributed by atoms with van der Waals surface area (Å²) in [6.07, 6.45) is 4.80. The average molecular weight is 363 g/mol. The molecule has 136 valence electrons. The van der Waals surface area contributed by atoms with Crippen LogP contribution in [0.4, 0.5) is 5.69 Å². The maximum absolute atomic E-state index is 12.5. The van der Waals surface area contributed by atoms with Crippen LogP contribution in [0.15, 0.2) is 39.1 Å². The number of nitrogens with zero attached hydrogens (tertiary/aromatic N) is 3.